The zero-order valence-electron chi connectivity index (χ0n) is 18.1. The van der Waals surface area contributed by atoms with Crippen LogP contribution in [0.4, 0.5) is 0 Å². The molecule has 1 aliphatic rings. The van der Waals surface area contributed by atoms with Crippen LogP contribution in [0.25, 0.3) is 0 Å². The second kappa shape index (κ2) is 11.4. The van der Waals surface area contributed by atoms with Crippen molar-refractivity contribution in [3.8, 4) is 5.75 Å². The van der Waals surface area contributed by atoms with Crippen molar-refractivity contribution in [2.24, 2.45) is 0 Å². The van der Waals surface area contributed by atoms with Gasteiger partial charge in [0.1, 0.15) is 5.75 Å². The Hall–Kier alpha value is -2.04. The van der Waals surface area contributed by atoms with Crippen molar-refractivity contribution in [2.45, 2.75) is 52.0 Å². The van der Waals surface area contributed by atoms with Crippen LogP contribution in [-0.2, 0) is 24.1 Å². The predicted octanol–water partition coefficient (Wildman–Crippen LogP) is 4.67. The summed E-state index contributed by atoms with van der Waals surface area (Å²) in [7, 11) is 0. The minimum Gasteiger partial charge on any atom is -0.493 e. The summed E-state index contributed by atoms with van der Waals surface area (Å²) in [6.07, 6.45) is 4.36. The molecule has 0 spiro atoms. The second-order valence-corrected chi connectivity index (χ2v) is 8.68. The highest BCUT2D eigenvalue weighted by atomic mass is 35.5. The van der Waals surface area contributed by atoms with Gasteiger partial charge < -0.3 is 15.0 Å². The first-order chi connectivity index (χ1) is 14.5. The summed E-state index contributed by atoms with van der Waals surface area (Å²) in [4.78, 5) is 14.6. The molecule has 1 amide bonds. The fourth-order valence-electron chi connectivity index (χ4n) is 3.85. The molecule has 0 aromatic heterocycles. The number of hydrogen-bond acceptors (Lipinski definition) is 3. The lowest BCUT2D eigenvalue weighted by atomic mass is 10.0. The van der Waals surface area contributed by atoms with E-state index in [9.17, 15) is 4.79 Å². The van der Waals surface area contributed by atoms with E-state index in [4.69, 9.17) is 16.3 Å². The number of ether oxygens (including phenoxy) is 1. The molecule has 30 heavy (non-hydrogen) atoms. The first-order valence-electron chi connectivity index (χ1n) is 11.0. The number of benzene rings is 2. The molecule has 4 nitrogen and oxygen atoms in total. The van der Waals surface area contributed by atoms with Gasteiger partial charge in [-0.2, -0.15) is 0 Å². The van der Waals surface area contributed by atoms with Crippen molar-refractivity contribution in [1.82, 2.24) is 10.2 Å². The molecule has 162 valence electrons. The molecule has 0 saturated heterocycles. The van der Waals surface area contributed by atoms with E-state index in [2.05, 4.69) is 36.2 Å². The molecule has 2 aromatic carbocycles. The Labute approximate surface area is 185 Å². The number of aryl methyl sites for hydroxylation is 1. The van der Waals surface area contributed by atoms with E-state index in [1.54, 1.807) is 0 Å². The largest absolute Gasteiger partial charge is 0.493 e. The molecule has 0 saturated carbocycles. The van der Waals surface area contributed by atoms with E-state index in [0.29, 0.717) is 25.6 Å². The summed E-state index contributed by atoms with van der Waals surface area (Å²) in [6, 6.07) is 14.8. The summed E-state index contributed by atoms with van der Waals surface area (Å²) >= 11 is 5.90. The molecular weight excluding hydrogens is 396 g/mol. The van der Waals surface area contributed by atoms with Crippen LogP contribution in [-0.4, -0.2) is 43.1 Å². The lowest BCUT2D eigenvalue weighted by Gasteiger charge is -2.23. The van der Waals surface area contributed by atoms with Crippen LogP contribution in [0.2, 0.25) is 5.02 Å². The molecule has 0 radical (unpaired) electrons. The zero-order valence-corrected chi connectivity index (χ0v) is 18.9. The average molecular weight is 429 g/mol. The quantitative estimate of drug-likeness (QED) is 0.590. The van der Waals surface area contributed by atoms with Gasteiger partial charge in [0.2, 0.25) is 5.91 Å². The molecule has 0 bridgehead atoms. The van der Waals surface area contributed by atoms with Crippen LogP contribution < -0.4 is 10.1 Å². The summed E-state index contributed by atoms with van der Waals surface area (Å²) in [5, 5.41) is 3.72. The Morgan fingerprint density at radius 3 is 2.57 bits per heavy atom. The number of nitrogens with one attached hydrogen (secondary N) is 1. The summed E-state index contributed by atoms with van der Waals surface area (Å²) in [5.74, 6) is 0.899. The number of nitrogens with zero attached hydrogens (tertiary/aromatic N) is 1. The highest BCUT2D eigenvalue weighted by Crippen LogP contribution is 2.22. The number of hydrogen-bond donors (Lipinski definition) is 1. The average Bonchev–Trinajstić information content (AvgIpc) is 2.95. The minimum atomic E-state index is 0.0356. The Kier molecular flexibility index (Phi) is 8.59. The third kappa shape index (κ3) is 7.03. The number of carbonyl (C=O) groups excluding carboxylic acids is 1. The monoisotopic (exact) mass is 428 g/mol. The van der Waals surface area contributed by atoms with Crippen LogP contribution in [0, 0.1) is 0 Å². The second-order valence-electron chi connectivity index (χ2n) is 8.24. The number of halogens is 1. The highest BCUT2D eigenvalue weighted by molar-refractivity contribution is 6.30. The maximum atomic E-state index is 12.1. The molecule has 3 rings (SSSR count). The Morgan fingerprint density at radius 2 is 1.83 bits per heavy atom. The van der Waals surface area contributed by atoms with Gasteiger partial charge in [-0.25, -0.2) is 0 Å². The van der Waals surface area contributed by atoms with Gasteiger partial charge in [0.25, 0.3) is 0 Å². The Morgan fingerprint density at radius 1 is 1.10 bits per heavy atom. The smallest absolute Gasteiger partial charge is 0.223 e. The molecule has 1 heterocycles. The first kappa shape index (κ1) is 22.6. The van der Waals surface area contributed by atoms with Crippen LogP contribution in [0.5, 0.6) is 5.75 Å². The van der Waals surface area contributed by atoms with Gasteiger partial charge in [-0.3, -0.25) is 4.79 Å². The van der Waals surface area contributed by atoms with E-state index in [0.717, 1.165) is 49.5 Å². The van der Waals surface area contributed by atoms with Crippen molar-refractivity contribution < 1.29 is 9.53 Å². The normalized spacial score (nSPS) is 14.3. The van der Waals surface area contributed by atoms with E-state index in [1.807, 2.05) is 30.3 Å². The van der Waals surface area contributed by atoms with Gasteiger partial charge in [-0.05, 0) is 80.5 Å². The standard InChI is InChI=1S/C25H33ClN2O2/c1-19(2)28-15-11-21-7-10-24(18-22(21)12-16-28)30-17-13-25(29)27-14-3-4-20-5-8-23(26)9-6-20/h5-10,18-19H,3-4,11-17H2,1-2H3,(H,27,29). The lowest BCUT2D eigenvalue weighted by molar-refractivity contribution is -0.121. The van der Waals surface area contributed by atoms with E-state index in [-0.39, 0.29) is 5.91 Å². The minimum absolute atomic E-state index is 0.0356. The molecule has 1 aliphatic heterocycles. The fourth-order valence-corrected chi connectivity index (χ4v) is 3.97. The van der Waals surface area contributed by atoms with Crippen molar-refractivity contribution in [2.75, 3.05) is 26.2 Å². The molecular formula is C25H33ClN2O2. The van der Waals surface area contributed by atoms with Gasteiger partial charge in [-0.1, -0.05) is 29.8 Å². The Balaban J connectivity index is 1.35. The number of amides is 1. The number of rotatable bonds is 9. The zero-order chi connectivity index (χ0) is 21.3. The van der Waals surface area contributed by atoms with Crippen LogP contribution in [0.1, 0.15) is 43.4 Å². The molecule has 0 fully saturated rings. The molecule has 0 aliphatic carbocycles. The summed E-state index contributed by atoms with van der Waals surface area (Å²) in [6.45, 7) is 7.79. The van der Waals surface area contributed by atoms with Crippen molar-refractivity contribution in [3.63, 3.8) is 0 Å². The van der Waals surface area contributed by atoms with Crippen molar-refractivity contribution in [3.05, 3.63) is 64.2 Å². The lowest BCUT2D eigenvalue weighted by Crippen LogP contribution is -2.32. The molecule has 0 atom stereocenters. The van der Waals surface area contributed by atoms with Gasteiger partial charge >= 0.3 is 0 Å². The first-order valence-corrected chi connectivity index (χ1v) is 11.4. The van der Waals surface area contributed by atoms with E-state index >= 15 is 0 Å². The Bertz CT molecular complexity index is 820. The van der Waals surface area contributed by atoms with Gasteiger partial charge in [0.15, 0.2) is 0 Å². The van der Waals surface area contributed by atoms with E-state index < -0.39 is 0 Å². The van der Waals surface area contributed by atoms with Crippen molar-refractivity contribution in [1.29, 1.82) is 0 Å². The van der Waals surface area contributed by atoms with Crippen LogP contribution in [0.15, 0.2) is 42.5 Å². The van der Waals surface area contributed by atoms with Gasteiger partial charge in [0, 0.05) is 30.7 Å². The summed E-state index contributed by atoms with van der Waals surface area (Å²) < 4.78 is 5.86. The van der Waals surface area contributed by atoms with Gasteiger partial charge in [0.05, 0.1) is 13.0 Å². The van der Waals surface area contributed by atoms with Crippen molar-refractivity contribution >= 4 is 17.5 Å². The maximum absolute atomic E-state index is 12.1. The molecule has 0 unspecified atom stereocenters. The third-order valence-electron chi connectivity index (χ3n) is 5.72. The third-order valence-corrected chi connectivity index (χ3v) is 5.97. The predicted molar refractivity (Wildman–Crippen MR) is 123 cm³/mol. The maximum Gasteiger partial charge on any atom is 0.223 e. The van der Waals surface area contributed by atoms with Gasteiger partial charge in [-0.15, -0.1) is 0 Å². The SMILES string of the molecule is CC(C)N1CCc2ccc(OCCC(=O)NCCCc3ccc(Cl)cc3)cc2CC1. The van der Waals surface area contributed by atoms with E-state index in [1.165, 1.54) is 16.7 Å². The van der Waals surface area contributed by atoms with Crippen LogP contribution in [0.3, 0.4) is 0 Å². The number of carbonyl (C=O) groups is 1. The molecule has 5 heteroatoms. The molecule has 2 aromatic rings. The number of fused-ring (bicyclic) bond motifs is 1. The topological polar surface area (TPSA) is 41.6 Å². The fraction of sp³-hybridized carbons (Fsp3) is 0.480. The summed E-state index contributed by atoms with van der Waals surface area (Å²) in [5.41, 5.74) is 4.03. The molecule has 1 N–H and O–H groups in total. The highest BCUT2D eigenvalue weighted by Gasteiger charge is 2.16. The van der Waals surface area contributed by atoms with Crippen LogP contribution >= 0.6 is 11.6 Å².